The number of aromatic nitrogens is 2. The Morgan fingerprint density at radius 3 is 2.20 bits per heavy atom. The number of piperazine rings is 1. The minimum atomic E-state index is -0.443. The number of halogens is 6. The summed E-state index contributed by atoms with van der Waals surface area (Å²) < 4.78 is 1.60. The van der Waals surface area contributed by atoms with Crippen LogP contribution < -0.4 is 0 Å². The van der Waals surface area contributed by atoms with Crippen LogP contribution in [0.4, 0.5) is 5.95 Å². The Kier molecular flexibility index (Phi) is 16.2. The molecule has 1 aromatic carbocycles. The summed E-state index contributed by atoms with van der Waals surface area (Å²) in [5.74, 6) is -0.0866. The maximum Gasteiger partial charge on any atom is 0.434 e. The SMILES string of the molecule is Cl.Cl.Cl.Cl.O=[N+]([O-])c1nccn1CCCN1CCN(Cc2ccc(Cl)c(Cl)c2)CC1. The fraction of sp³-hybridized carbons (Fsp3) is 0.471. The predicted molar refractivity (Wildman–Crippen MR) is 131 cm³/mol. The van der Waals surface area contributed by atoms with Gasteiger partial charge in [0.1, 0.15) is 12.4 Å². The van der Waals surface area contributed by atoms with Gasteiger partial charge in [-0.2, -0.15) is 0 Å². The summed E-state index contributed by atoms with van der Waals surface area (Å²) in [6.07, 6.45) is 4.00. The third-order valence-corrected chi connectivity index (χ3v) is 5.32. The Bertz CT molecular complexity index is 771. The highest BCUT2D eigenvalue weighted by molar-refractivity contribution is 6.42. The summed E-state index contributed by atoms with van der Waals surface area (Å²) in [7, 11) is 0. The first-order valence-electron chi connectivity index (χ1n) is 8.57. The molecule has 1 aliphatic rings. The zero-order valence-corrected chi connectivity index (χ0v) is 20.8. The molecule has 0 radical (unpaired) electrons. The Morgan fingerprint density at radius 1 is 0.967 bits per heavy atom. The van der Waals surface area contributed by atoms with Crippen molar-refractivity contribution >= 4 is 78.8 Å². The highest BCUT2D eigenvalue weighted by Crippen LogP contribution is 2.23. The molecule has 2 heterocycles. The fourth-order valence-corrected chi connectivity index (χ4v) is 3.50. The van der Waals surface area contributed by atoms with Crippen molar-refractivity contribution in [2.45, 2.75) is 19.5 Å². The Hall–Kier alpha value is -0.510. The van der Waals surface area contributed by atoms with Crippen molar-refractivity contribution in [1.82, 2.24) is 19.4 Å². The minimum absolute atomic E-state index is 0. The molecule has 3 rings (SSSR count). The summed E-state index contributed by atoms with van der Waals surface area (Å²) in [5.41, 5.74) is 1.17. The monoisotopic (exact) mass is 541 g/mol. The predicted octanol–water partition coefficient (Wildman–Crippen LogP) is 4.99. The van der Waals surface area contributed by atoms with E-state index < -0.39 is 4.92 Å². The van der Waals surface area contributed by atoms with Gasteiger partial charge in [0.2, 0.25) is 0 Å². The molecule has 30 heavy (non-hydrogen) atoms. The Balaban J connectivity index is 0. The molecule has 0 atom stereocenters. The number of nitro groups is 1. The maximum absolute atomic E-state index is 10.9. The van der Waals surface area contributed by atoms with Crippen LogP contribution in [0.2, 0.25) is 10.0 Å². The lowest BCUT2D eigenvalue weighted by atomic mass is 10.2. The third kappa shape index (κ3) is 8.93. The maximum atomic E-state index is 10.9. The lowest BCUT2D eigenvalue weighted by molar-refractivity contribution is -0.396. The summed E-state index contributed by atoms with van der Waals surface area (Å²) in [6.45, 7) is 6.37. The van der Waals surface area contributed by atoms with E-state index in [4.69, 9.17) is 23.2 Å². The van der Waals surface area contributed by atoms with Crippen LogP contribution in [0.1, 0.15) is 12.0 Å². The number of imidazole rings is 1. The zero-order chi connectivity index (χ0) is 18.5. The van der Waals surface area contributed by atoms with Gasteiger partial charge in [0.15, 0.2) is 0 Å². The highest BCUT2D eigenvalue weighted by Gasteiger charge is 2.18. The number of benzene rings is 1. The second-order valence-electron chi connectivity index (χ2n) is 6.40. The average molecular weight is 544 g/mol. The third-order valence-electron chi connectivity index (χ3n) is 4.59. The topological polar surface area (TPSA) is 67.4 Å². The van der Waals surface area contributed by atoms with Crippen molar-refractivity contribution in [2.75, 3.05) is 32.7 Å². The number of rotatable bonds is 7. The molecule has 0 aliphatic carbocycles. The normalized spacial score (nSPS) is 13.9. The van der Waals surface area contributed by atoms with Gasteiger partial charge in [-0.15, -0.1) is 49.6 Å². The van der Waals surface area contributed by atoms with Gasteiger partial charge in [-0.25, -0.2) is 4.57 Å². The lowest BCUT2D eigenvalue weighted by Crippen LogP contribution is -2.46. The standard InChI is InChI=1S/C17H21Cl2N5O2.4ClH/c18-15-3-2-14(12-16(15)19)13-22-10-8-21(9-11-22)5-1-6-23-7-4-20-17(23)24(25)26;;;;/h2-4,7,12H,1,5-6,8-11,13H2;4*1H. The summed E-state index contributed by atoms with van der Waals surface area (Å²) in [5, 5.41) is 12.0. The summed E-state index contributed by atoms with van der Waals surface area (Å²) in [4.78, 5) is 19.0. The largest absolute Gasteiger partial charge is 0.434 e. The van der Waals surface area contributed by atoms with E-state index in [1.54, 1.807) is 10.8 Å². The second-order valence-corrected chi connectivity index (χ2v) is 7.21. The molecule has 0 amide bonds. The van der Waals surface area contributed by atoms with Gasteiger partial charge in [-0.1, -0.05) is 34.3 Å². The van der Waals surface area contributed by atoms with E-state index in [1.807, 2.05) is 18.2 Å². The van der Waals surface area contributed by atoms with Gasteiger partial charge < -0.3 is 15.0 Å². The first-order chi connectivity index (χ1) is 12.5. The van der Waals surface area contributed by atoms with E-state index in [1.165, 1.54) is 11.8 Å². The van der Waals surface area contributed by atoms with Crippen LogP contribution in [0.25, 0.3) is 0 Å². The zero-order valence-electron chi connectivity index (χ0n) is 16.0. The molecule has 13 heteroatoms. The quantitative estimate of drug-likeness (QED) is 0.363. The molecule has 0 N–H and O–H groups in total. The number of hydrogen-bond acceptors (Lipinski definition) is 5. The van der Waals surface area contributed by atoms with Crippen LogP contribution in [0, 0.1) is 10.1 Å². The summed E-state index contributed by atoms with van der Waals surface area (Å²) in [6, 6.07) is 5.78. The number of hydrogen-bond donors (Lipinski definition) is 0. The van der Waals surface area contributed by atoms with E-state index in [2.05, 4.69) is 14.8 Å². The van der Waals surface area contributed by atoms with E-state index >= 15 is 0 Å². The molecule has 1 aromatic heterocycles. The van der Waals surface area contributed by atoms with E-state index in [-0.39, 0.29) is 55.6 Å². The van der Waals surface area contributed by atoms with Crippen molar-refractivity contribution in [1.29, 1.82) is 0 Å². The second kappa shape index (κ2) is 15.3. The van der Waals surface area contributed by atoms with Crippen molar-refractivity contribution in [3.05, 3.63) is 56.3 Å². The average Bonchev–Trinajstić information content (AvgIpc) is 3.09. The van der Waals surface area contributed by atoms with E-state index in [9.17, 15) is 10.1 Å². The van der Waals surface area contributed by atoms with Gasteiger partial charge in [-0.05, 0) is 29.0 Å². The molecular weight excluding hydrogens is 519 g/mol. The molecule has 172 valence electrons. The molecule has 1 saturated heterocycles. The smallest absolute Gasteiger partial charge is 0.390 e. The molecule has 0 bridgehead atoms. The molecule has 0 saturated carbocycles. The van der Waals surface area contributed by atoms with Gasteiger partial charge in [-0.3, -0.25) is 4.90 Å². The Labute approximate surface area is 210 Å². The summed E-state index contributed by atoms with van der Waals surface area (Å²) >= 11 is 12.0. The van der Waals surface area contributed by atoms with Crippen LogP contribution in [0.3, 0.4) is 0 Å². The van der Waals surface area contributed by atoms with Gasteiger partial charge in [0, 0.05) is 39.3 Å². The number of nitrogens with zero attached hydrogens (tertiary/aromatic N) is 5. The van der Waals surface area contributed by atoms with Crippen molar-refractivity contribution in [3.63, 3.8) is 0 Å². The molecule has 0 spiro atoms. The van der Waals surface area contributed by atoms with Crippen LogP contribution in [0.15, 0.2) is 30.6 Å². The highest BCUT2D eigenvalue weighted by atomic mass is 35.5. The van der Waals surface area contributed by atoms with Crippen molar-refractivity contribution in [2.24, 2.45) is 0 Å². The first kappa shape index (κ1) is 31.7. The van der Waals surface area contributed by atoms with Gasteiger partial charge in [0.25, 0.3) is 0 Å². The van der Waals surface area contributed by atoms with Crippen molar-refractivity contribution < 1.29 is 4.92 Å². The fourth-order valence-electron chi connectivity index (χ4n) is 3.18. The van der Waals surface area contributed by atoms with Crippen LogP contribution in [0.5, 0.6) is 0 Å². The van der Waals surface area contributed by atoms with Crippen LogP contribution in [-0.4, -0.2) is 57.0 Å². The Morgan fingerprint density at radius 2 is 1.60 bits per heavy atom. The van der Waals surface area contributed by atoms with Crippen LogP contribution >= 0.6 is 72.8 Å². The molecule has 7 nitrogen and oxygen atoms in total. The van der Waals surface area contributed by atoms with E-state index in [0.29, 0.717) is 16.6 Å². The number of aryl methyl sites for hydroxylation is 1. The van der Waals surface area contributed by atoms with Crippen molar-refractivity contribution in [3.8, 4) is 0 Å². The molecule has 1 aliphatic heterocycles. The van der Waals surface area contributed by atoms with E-state index in [0.717, 1.165) is 45.7 Å². The van der Waals surface area contributed by atoms with Crippen LogP contribution in [-0.2, 0) is 13.1 Å². The first-order valence-corrected chi connectivity index (χ1v) is 9.32. The molecule has 2 aromatic rings. The molecule has 1 fully saturated rings. The molecule has 0 unspecified atom stereocenters. The lowest BCUT2D eigenvalue weighted by Gasteiger charge is -2.34. The molecular formula is C17H25Cl6N5O2. The van der Waals surface area contributed by atoms with Gasteiger partial charge in [0.05, 0.1) is 16.6 Å². The minimum Gasteiger partial charge on any atom is -0.390 e. The van der Waals surface area contributed by atoms with Gasteiger partial charge >= 0.3 is 5.95 Å².